The Morgan fingerprint density at radius 2 is 2.15 bits per heavy atom. The third-order valence-corrected chi connectivity index (χ3v) is 2.27. The summed E-state index contributed by atoms with van der Waals surface area (Å²) < 4.78 is 0.148. The molecule has 0 saturated heterocycles. The highest BCUT2D eigenvalue weighted by molar-refractivity contribution is 7.71. The predicted molar refractivity (Wildman–Crippen MR) is 52.6 cm³/mol. The zero-order chi connectivity index (χ0) is 10.0. The van der Waals surface area contributed by atoms with E-state index in [4.69, 9.17) is 12.2 Å². The molecule has 0 aliphatic rings. The molecule has 4 nitrogen and oxygen atoms in total. The summed E-state index contributed by atoms with van der Waals surface area (Å²) in [5.74, 6) is -0.0984. The summed E-state index contributed by atoms with van der Waals surface area (Å²) in [4.78, 5) is 16.3. The normalized spacial score (nSPS) is 12.8. The van der Waals surface area contributed by atoms with Crippen molar-refractivity contribution in [3.8, 4) is 5.88 Å². The van der Waals surface area contributed by atoms with Gasteiger partial charge in [0, 0.05) is 0 Å². The molecular formula is C8H12N2O2S. The standard InChI is InChI=1S/C8H12N2O2S/c1-3-4(2)5-6(11)9-8(13)10-7(5)12/h4H,3H2,1-2H3,(H3,9,10,11,12,13)/t4-/m0/s1. The summed E-state index contributed by atoms with van der Waals surface area (Å²) in [6.07, 6.45) is 0.793. The summed E-state index contributed by atoms with van der Waals surface area (Å²) in [6.45, 7) is 3.83. The fourth-order valence-corrected chi connectivity index (χ4v) is 1.33. The van der Waals surface area contributed by atoms with E-state index >= 15 is 0 Å². The van der Waals surface area contributed by atoms with Gasteiger partial charge < -0.3 is 10.1 Å². The molecule has 0 aliphatic heterocycles. The van der Waals surface area contributed by atoms with Gasteiger partial charge in [0.1, 0.15) is 0 Å². The minimum atomic E-state index is -0.310. The molecular weight excluding hydrogens is 188 g/mol. The number of hydrogen-bond acceptors (Lipinski definition) is 3. The van der Waals surface area contributed by atoms with Crippen LogP contribution >= 0.6 is 12.2 Å². The van der Waals surface area contributed by atoms with Crippen molar-refractivity contribution < 1.29 is 5.11 Å². The molecule has 0 spiro atoms. The van der Waals surface area contributed by atoms with Crippen LogP contribution < -0.4 is 5.56 Å². The zero-order valence-electron chi connectivity index (χ0n) is 7.55. The Labute approximate surface area is 80.6 Å². The summed E-state index contributed by atoms with van der Waals surface area (Å²) in [7, 11) is 0. The molecule has 1 aromatic heterocycles. The molecule has 13 heavy (non-hydrogen) atoms. The van der Waals surface area contributed by atoms with Gasteiger partial charge in [0.25, 0.3) is 5.56 Å². The molecule has 0 bridgehead atoms. The molecule has 0 fully saturated rings. The molecule has 1 rings (SSSR count). The fraction of sp³-hybridized carbons (Fsp3) is 0.500. The second-order valence-electron chi connectivity index (χ2n) is 2.98. The van der Waals surface area contributed by atoms with Crippen molar-refractivity contribution in [2.75, 3.05) is 0 Å². The number of rotatable bonds is 2. The fourth-order valence-electron chi connectivity index (χ4n) is 1.15. The van der Waals surface area contributed by atoms with Gasteiger partial charge >= 0.3 is 0 Å². The molecule has 5 heteroatoms. The first-order chi connectivity index (χ1) is 6.06. The van der Waals surface area contributed by atoms with E-state index in [1.54, 1.807) is 0 Å². The van der Waals surface area contributed by atoms with Crippen LogP contribution in [0.4, 0.5) is 0 Å². The first-order valence-electron chi connectivity index (χ1n) is 4.11. The average Bonchev–Trinajstić information content (AvgIpc) is 2.02. The topological polar surface area (TPSA) is 68.9 Å². The lowest BCUT2D eigenvalue weighted by atomic mass is 10.0. The smallest absolute Gasteiger partial charge is 0.258 e. The lowest BCUT2D eigenvalue weighted by Crippen LogP contribution is -2.16. The van der Waals surface area contributed by atoms with Gasteiger partial charge in [-0.05, 0) is 24.6 Å². The van der Waals surface area contributed by atoms with Gasteiger partial charge in [-0.3, -0.25) is 9.78 Å². The summed E-state index contributed by atoms with van der Waals surface area (Å²) in [5.41, 5.74) is 0.0618. The predicted octanol–water partition coefficient (Wildman–Crippen LogP) is 1.65. The molecule has 1 aromatic rings. The van der Waals surface area contributed by atoms with E-state index in [0.717, 1.165) is 6.42 Å². The average molecular weight is 200 g/mol. The van der Waals surface area contributed by atoms with E-state index in [-0.39, 0.29) is 22.1 Å². The maximum Gasteiger partial charge on any atom is 0.258 e. The van der Waals surface area contributed by atoms with Crippen molar-refractivity contribution in [1.82, 2.24) is 9.97 Å². The van der Waals surface area contributed by atoms with Crippen molar-refractivity contribution in [3.05, 3.63) is 20.7 Å². The lowest BCUT2D eigenvalue weighted by molar-refractivity contribution is 0.435. The molecule has 0 radical (unpaired) electrons. The van der Waals surface area contributed by atoms with E-state index in [1.165, 1.54) is 0 Å². The number of H-pyrrole nitrogens is 2. The zero-order valence-corrected chi connectivity index (χ0v) is 8.36. The Hall–Kier alpha value is -1.10. The van der Waals surface area contributed by atoms with Crippen LogP contribution in [0, 0.1) is 4.77 Å². The molecule has 72 valence electrons. The van der Waals surface area contributed by atoms with Crippen LogP contribution in [0.2, 0.25) is 0 Å². The van der Waals surface area contributed by atoms with Crippen LogP contribution in [0.1, 0.15) is 31.7 Å². The maximum atomic E-state index is 11.4. The van der Waals surface area contributed by atoms with Gasteiger partial charge in [-0.1, -0.05) is 13.8 Å². The maximum absolute atomic E-state index is 11.4. The monoisotopic (exact) mass is 200 g/mol. The SMILES string of the molecule is CC[C@H](C)c1c(O)[nH]c(=S)[nH]c1=O. The van der Waals surface area contributed by atoms with Crippen molar-refractivity contribution in [1.29, 1.82) is 0 Å². The van der Waals surface area contributed by atoms with Crippen molar-refractivity contribution >= 4 is 12.2 Å². The first kappa shape index (κ1) is 9.98. The van der Waals surface area contributed by atoms with Gasteiger partial charge in [-0.15, -0.1) is 0 Å². The Bertz CT molecular complexity index is 407. The number of aromatic amines is 2. The highest BCUT2D eigenvalue weighted by atomic mass is 32.1. The first-order valence-corrected chi connectivity index (χ1v) is 4.52. The number of nitrogens with one attached hydrogen (secondary N) is 2. The second-order valence-corrected chi connectivity index (χ2v) is 3.39. The Kier molecular flexibility index (Phi) is 2.87. The Balaban J connectivity index is 3.37. The van der Waals surface area contributed by atoms with Crippen LogP contribution in [0.5, 0.6) is 5.88 Å². The summed E-state index contributed by atoms with van der Waals surface area (Å²) >= 11 is 4.70. The quantitative estimate of drug-likeness (QED) is 0.636. The van der Waals surface area contributed by atoms with E-state index in [9.17, 15) is 9.90 Å². The molecule has 3 N–H and O–H groups in total. The highest BCUT2D eigenvalue weighted by Gasteiger charge is 2.13. The molecule has 0 aromatic carbocycles. The minimum absolute atomic E-state index is 0.0237. The van der Waals surface area contributed by atoms with Crippen molar-refractivity contribution in [2.24, 2.45) is 0 Å². The van der Waals surface area contributed by atoms with Gasteiger partial charge in [0.2, 0.25) is 0 Å². The molecule has 0 amide bonds. The van der Waals surface area contributed by atoms with Crippen molar-refractivity contribution in [3.63, 3.8) is 0 Å². The van der Waals surface area contributed by atoms with Crippen molar-refractivity contribution in [2.45, 2.75) is 26.2 Å². The molecule has 0 aliphatic carbocycles. The van der Waals surface area contributed by atoms with E-state index in [1.807, 2.05) is 13.8 Å². The number of hydrogen-bond donors (Lipinski definition) is 3. The van der Waals surface area contributed by atoms with E-state index in [2.05, 4.69) is 9.97 Å². The van der Waals surface area contributed by atoms with Crippen LogP contribution in [0.3, 0.4) is 0 Å². The molecule has 0 unspecified atom stereocenters. The highest BCUT2D eigenvalue weighted by Crippen LogP contribution is 2.21. The summed E-state index contributed by atoms with van der Waals surface area (Å²) in [6, 6.07) is 0. The van der Waals surface area contributed by atoms with E-state index < -0.39 is 0 Å². The number of aromatic hydroxyl groups is 1. The van der Waals surface area contributed by atoms with Gasteiger partial charge in [-0.25, -0.2) is 0 Å². The Morgan fingerprint density at radius 1 is 1.54 bits per heavy atom. The van der Waals surface area contributed by atoms with E-state index in [0.29, 0.717) is 5.56 Å². The summed E-state index contributed by atoms with van der Waals surface area (Å²) in [5, 5.41) is 9.43. The second kappa shape index (κ2) is 3.74. The number of aromatic nitrogens is 2. The molecule has 1 heterocycles. The van der Waals surface area contributed by atoms with Gasteiger partial charge in [-0.2, -0.15) is 0 Å². The minimum Gasteiger partial charge on any atom is -0.494 e. The lowest BCUT2D eigenvalue weighted by Gasteiger charge is -2.08. The van der Waals surface area contributed by atoms with Crippen LogP contribution in [0.25, 0.3) is 0 Å². The van der Waals surface area contributed by atoms with Gasteiger partial charge in [0.15, 0.2) is 10.7 Å². The van der Waals surface area contributed by atoms with Gasteiger partial charge in [0.05, 0.1) is 5.56 Å². The molecule has 1 atom stereocenters. The molecule has 0 saturated carbocycles. The van der Waals surface area contributed by atoms with Crippen LogP contribution in [-0.4, -0.2) is 15.1 Å². The van der Waals surface area contributed by atoms with Crippen LogP contribution in [-0.2, 0) is 0 Å². The Morgan fingerprint density at radius 3 is 2.62 bits per heavy atom. The third-order valence-electron chi connectivity index (χ3n) is 2.06. The van der Waals surface area contributed by atoms with Crippen LogP contribution in [0.15, 0.2) is 4.79 Å². The largest absolute Gasteiger partial charge is 0.494 e. The third kappa shape index (κ3) is 1.98.